The first-order chi connectivity index (χ1) is 4.22. The Bertz CT molecular complexity index is 151. The molecule has 1 rings (SSSR count). The minimum absolute atomic E-state index is 0.731. The van der Waals surface area contributed by atoms with Gasteiger partial charge in [-0.2, -0.15) is 0 Å². The van der Waals surface area contributed by atoms with Crippen molar-refractivity contribution in [1.29, 1.82) is 0 Å². The lowest BCUT2D eigenvalue weighted by Crippen LogP contribution is -2.08. The highest BCUT2D eigenvalue weighted by atomic mass is 14.2. The van der Waals surface area contributed by atoms with Gasteiger partial charge in [-0.15, -0.1) is 0 Å². The Kier molecular flexibility index (Phi) is 1.75. The van der Waals surface area contributed by atoms with Crippen molar-refractivity contribution < 1.29 is 0 Å². The van der Waals surface area contributed by atoms with E-state index in [1.807, 2.05) is 0 Å². The minimum atomic E-state index is 0.731. The summed E-state index contributed by atoms with van der Waals surface area (Å²) >= 11 is 0. The zero-order valence-corrected chi connectivity index (χ0v) is 6.39. The van der Waals surface area contributed by atoms with E-state index in [0.29, 0.717) is 0 Å². The summed E-state index contributed by atoms with van der Waals surface area (Å²) < 4.78 is 0. The summed E-state index contributed by atoms with van der Waals surface area (Å²) in [5, 5.41) is 0. The molecule has 0 saturated heterocycles. The van der Waals surface area contributed by atoms with E-state index in [0.717, 1.165) is 11.8 Å². The van der Waals surface area contributed by atoms with Crippen molar-refractivity contribution in [3.8, 4) is 0 Å². The average molecular weight is 122 g/mol. The van der Waals surface area contributed by atoms with Gasteiger partial charge in [0.15, 0.2) is 0 Å². The van der Waals surface area contributed by atoms with Crippen molar-refractivity contribution in [1.82, 2.24) is 0 Å². The number of hydrogen-bond acceptors (Lipinski definition) is 0. The van der Waals surface area contributed by atoms with Gasteiger partial charge >= 0.3 is 0 Å². The zero-order valence-electron chi connectivity index (χ0n) is 6.39. The molecule has 0 aromatic heterocycles. The topological polar surface area (TPSA) is 0 Å². The van der Waals surface area contributed by atoms with E-state index in [1.54, 1.807) is 0 Å². The van der Waals surface area contributed by atoms with E-state index < -0.39 is 0 Å². The molecule has 0 amide bonds. The molecule has 0 radical (unpaired) electrons. The van der Waals surface area contributed by atoms with Gasteiger partial charge in [-0.25, -0.2) is 0 Å². The van der Waals surface area contributed by atoms with Crippen LogP contribution in [0.3, 0.4) is 0 Å². The lowest BCUT2D eigenvalue weighted by Gasteiger charge is -2.19. The molecule has 1 aliphatic carbocycles. The maximum absolute atomic E-state index is 2.28. The van der Waals surface area contributed by atoms with Crippen LogP contribution in [0.1, 0.15) is 20.8 Å². The van der Waals surface area contributed by atoms with E-state index in [9.17, 15) is 0 Å². The molecule has 0 aliphatic heterocycles. The summed E-state index contributed by atoms with van der Waals surface area (Å²) in [4.78, 5) is 0. The Hall–Kier alpha value is -0.520. The fourth-order valence-corrected chi connectivity index (χ4v) is 1.12. The van der Waals surface area contributed by atoms with E-state index in [4.69, 9.17) is 0 Å². The number of rotatable bonds is 0. The average Bonchev–Trinajstić information content (AvgIpc) is 1.83. The third kappa shape index (κ3) is 1.24. The van der Waals surface area contributed by atoms with Crippen LogP contribution in [0.5, 0.6) is 0 Å². The third-order valence-electron chi connectivity index (χ3n) is 2.28. The fourth-order valence-electron chi connectivity index (χ4n) is 1.12. The van der Waals surface area contributed by atoms with Crippen molar-refractivity contribution in [2.75, 3.05) is 0 Å². The first-order valence-electron chi connectivity index (χ1n) is 3.57. The van der Waals surface area contributed by atoms with Crippen LogP contribution in [0.2, 0.25) is 0 Å². The van der Waals surface area contributed by atoms with Crippen LogP contribution in [0.25, 0.3) is 0 Å². The van der Waals surface area contributed by atoms with Gasteiger partial charge in [0.25, 0.3) is 0 Å². The lowest BCUT2D eigenvalue weighted by molar-refractivity contribution is 0.523. The van der Waals surface area contributed by atoms with E-state index in [2.05, 4.69) is 39.0 Å². The predicted molar refractivity (Wildman–Crippen MR) is 41.2 cm³/mol. The van der Waals surface area contributed by atoms with Gasteiger partial charge in [0.05, 0.1) is 0 Å². The molecule has 2 atom stereocenters. The summed E-state index contributed by atoms with van der Waals surface area (Å²) in [6.45, 7) is 6.74. The third-order valence-corrected chi connectivity index (χ3v) is 2.28. The molecule has 0 spiro atoms. The summed E-state index contributed by atoms with van der Waals surface area (Å²) in [6.07, 6.45) is 6.61. The van der Waals surface area contributed by atoms with E-state index in [-0.39, 0.29) is 0 Å². The van der Waals surface area contributed by atoms with Crippen LogP contribution in [0, 0.1) is 11.8 Å². The number of allylic oxidation sites excluding steroid dienone is 4. The summed E-state index contributed by atoms with van der Waals surface area (Å²) in [6, 6.07) is 0. The van der Waals surface area contributed by atoms with Gasteiger partial charge in [-0.1, -0.05) is 37.6 Å². The van der Waals surface area contributed by atoms with Crippen LogP contribution in [0.4, 0.5) is 0 Å². The Morgan fingerprint density at radius 3 is 2.44 bits per heavy atom. The lowest BCUT2D eigenvalue weighted by atomic mass is 9.86. The molecule has 9 heavy (non-hydrogen) atoms. The van der Waals surface area contributed by atoms with Gasteiger partial charge in [-0.05, 0) is 18.8 Å². The van der Waals surface area contributed by atoms with Crippen molar-refractivity contribution in [2.45, 2.75) is 20.8 Å². The van der Waals surface area contributed by atoms with Gasteiger partial charge in [0.1, 0.15) is 0 Å². The summed E-state index contributed by atoms with van der Waals surface area (Å²) in [5.74, 6) is 1.48. The monoisotopic (exact) mass is 122 g/mol. The van der Waals surface area contributed by atoms with Crippen molar-refractivity contribution in [2.24, 2.45) is 11.8 Å². The Labute approximate surface area is 57.3 Å². The maximum Gasteiger partial charge on any atom is -0.0171 e. The molecule has 0 bridgehead atoms. The van der Waals surface area contributed by atoms with Crippen molar-refractivity contribution in [3.63, 3.8) is 0 Å². The Morgan fingerprint density at radius 2 is 2.00 bits per heavy atom. The quantitative estimate of drug-likeness (QED) is 0.463. The highest BCUT2D eigenvalue weighted by Crippen LogP contribution is 2.24. The summed E-state index contributed by atoms with van der Waals surface area (Å²) in [7, 11) is 0. The molecule has 0 nitrogen and oxygen atoms in total. The highest BCUT2D eigenvalue weighted by Gasteiger charge is 2.12. The van der Waals surface area contributed by atoms with Crippen molar-refractivity contribution in [3.05, 3.63) is 23.8 Å². The molecule has 1 aliphatic rings. The molecule has 1 unspecified atom stereocenters. The van der Waals surface area contributed by atoms with Gasteiger partial charge < -0.3 is 0 Å². The summed E-state index contributed by atoms with van der Waals surface area (Å²) in [5.41, 5.74) is 1.50. The highest BCUT2D eigenvalue weighted by molar-refractivity contribution is 5.20. The Morgan fingerprint density at radius 1 is 1.33 bits per heavy atom. The molecule has 0 aromatic carbocycles. The van der Waals surface area contributed by atoms with E-state index >= 15 is 0 Å². The van der Waals surface area contributed by atoms with Crippen molar-refractivity contribution >= 4 is 0 Å². The Balaban J connectivity index is 2.73. The number of hydrogen-bond donors (Lipinski definition) is 0. The standard InChI is InChI=1S/C9H14/c1-7-5-4-6-8(2)9(7)3/h4-7,9H,1-3H3/t7-,9?/m0/s1. The molecule has 0 saturated carbocycles. The fraction of sp³-hybridized carbons (Fsp3) is 0.556. The zero-order chi connectivity index (χ0) is 6.85. The first kappa shape index (κ1) is 6.60. The van der Waals surface area contributed by atoms with E-state index in [1.165, 1.54) is 5.57 Å². The maximum atomic E-state index is 2.28. The van der Waals surface area contributed by atoms with Crippen LogP contribution in [-0.4, -0.2) is 0 Å². The second kappa shape index (κ2) is 2.38. The second-order valence-corrected chi connectivity index (χ2v) is 2.94. The van der Waals surface area contributed by atoms with Crippen LogP contribution >= 0.6 is 0 Å². The van der Waals surface area contributed by atoms with Crippen LogP contribution in [0.15, 0.2) is 23.8 Å². The molecular formula is C9H14. The van der Waals surface area contributed by atoms with Gasteiger partial charge in [-0.3, -0.25) is 0 Å². The molecule has 0 heteroatoms. The normalized spacial score (nSPS) is 34.3. The predicted octanol–water partition coefficient (Wildman–Crippen LogP) is 2.77. The molecule has 50 valence electrons. The second-order valence-electron chi connectivity index (χ2n) is 2.94. The molecule has 0 N–H and O–H groups in total. The molecular weight excluding hydrogens is 108 g/mol. The minimum Gasteiger partial charge on any atom is -0.0811 e. The SMILES string of the molecule is CC1=CC=C[C@H](C)C1C. The van der Waals surface area contributed by atoms with Crippen LogP contribution < -0.4 is 0 Å². The first-order valence-corrected chi connectivity index (χ1v) is 3.57. The largest absolute Gasteiger partial charge is 0.0811 e. The van der Waals surface area contributed by atoms with Gasteiger partial charge in [0.2, 0.25) is 0 Å². The molecule has 0 heterocycles. The van der Waals surface area contributed by atoms with Gasteiger partial charge in [0, 0.05) is 0 Å². The molecule has 0 fully saturated rings. The molecule has 0 aromatic rings. The van der Waals surface area contributed by atoms with Crippen LogP contribution in [-0.2, 0) is 0 Å². The smallest absolute Gasteiger partial charge is 0.0171 e.